The molecule has 2 rings (SSSR count). The molecule has 1 aromatic rings. The van der Waals surface area contributed by atoms with Gasteiger partial charge in [-0.3, -0.25) is 24.7 Å². The monoisotopic (exact) mass is 289 g/mol. The molecule has 3 N–H and O–H groups in total. The van der Waals surface area contributed by atoms with Gasteiger partial charge in [-0.1, -0.05) is 24.3 Å². The highest BCUT2D eigenvalue weighted by atomic mass is 16.2. The van der Waals surface area contributed by atoms with Gasteiger partial charge in [0, 0.05) is 12.8 Å². The molecule has 0 bridgehead atoms. The lowest BCUT2D eigenvalue weighted by atomic mass is 10.0. The van der Waals surface area contributed by atoms with Crippen LogP contribution >= 0.6 is 0 Å². The van der Waals surface area contributed by atoms with E-state index in [0.29, 0.717) is 12.8 Å². The lowest BCUT2D eigenvalue weighted by Crippen LogP contribution is -2.35. The Morgan fingerprint density at radius 2 is 1.67 bits per heavy atom. The molecule has 6 heteroatoms. The first kappa shape index (κ1) is 15.2. The SMILES string of the molecule is NNC(=O)Cc1ccccc1CN1C(=O)CCCCC1=O. The number of hydrazine groups is 1. The third-order valence-electron chi connectivity index (χ3n) is 3.59. The van der Waals surface area contributed by atoms with Crippen LogP contribution in [-0.4, -0.2) is 22.6 Å². The van der Waals surface area contributed by atoms with E-state index in [1.807, 2.05) is 18.2 Å². The summed E-state index contributed by atoms with van der Waals surface area (Å²) in [5.41, 5.74) is 3.65. The standard InChI is InChI=1S/C15H19N3O3/c16-17-13(19)9-11-5-1-2-6-12(11)10-18-14(20)7-3-4-8-15(18)21/h1-2,5-6H,3-4,7-10,16H2,(H,17,19). The molecule has 0 radical (unpaired) electrons. The molecule has 0 saturated carbocycles. The van der Waals surface area contributed by atoms with Crippen LogP contribution in [0.3, 0.4) is 0 Å². The minimum absolute atomic E-state index is 0.128. The molecule has 0 aliphatic carbocycles. The van der Waals surface area contributed by atoms with Gasteiger partial charge in [0.05, 0.1) is 13.0 Å². The van der Waals surface area contributed by atoms with Crippen molar-refractivity contribution in [3.63, 3.8) is 0 Å². The Balaban J connectivity index is 2.19. The van der Waals surface area contributed by atoms with Crippen LogP contribution in [0, 0.1) is 0 Å². The van der Waals surface area contributed by atoms with Gasteiger partial charge in [0.2, 0.25) is 17.7 Å². The average molecular weight is 289 g/mol. The minimum atomic E-state index is -0.309. The zero-order chi connectivity index (χ0) is 15.2. The second kappa shape index (κ2) is 6.99. The van der Waals surface area contributed by atoms with Crippen LogP contribution < -0.4 is 11.3 Å². The van der Waals surface area contributed by atoms with Crippen LogP contribution in [0.1, 0.15) is 36.8 Å². The van der Waals surface area contributed by atoms with Crippen molar-refractivity contribution in [2.45, 2.75) is 38.6 Å². The molecule has 1 aromatic carbocycles. The van der Waals surface area contributed by atoms with Crippen LogP contribution in [0.15, 0.2) is 24.3 Å². The Labute approximate surface area is 123 Å². The quantitative estimate of drug-likeness (QED) is 0.368. The first-order valence-corrected chi connectivity index (χ1v) is 7.01. The number of carbonyl (C=O) groups excluding carboxylic acids is 3. The molecule has 0 atom stereocenters. The highest BCUT2D eigenvalue weighted by molar-refractivity contribution is 5.96. The number of rotatable bonds is 4. The van der Waals surface area contributed by atoms with E-state index in [1.165, 1.54) is 4.90 Å². The highest BCUT2D eigenvalue weighted by Crippen LogP contribution is 2.18. The molecular formula is C15H19N3O3. The van der Waals surface area contributed by atoms with E-state index in [2.05, 4.69) is 5.43 Å². The first-order valence-electron chi connectivity index (χ1n) is 7.01. The lowest BCUT2D eigenvalue weighted by Gasteiger charge is -2.20. The largest absolute Gasteiger partial charge is 0.294 e. The van der Waals surface area contributed by atoms with E-state index in [-0.39, 0.29) is 30.7 Å². The van der Waals surface area contributed by atoms with Gasteiger partial charge in [-0.05, 0) is 24.0 Å². The van der Waals surface area contributed by atoms with Crippen molar-refractivity contribution in [3.8, 4) is 0 Å². The number of imide groups is 1. The van der Waals surface area contributed by atoms with E-state index >= 15 is 0 Å². The fourth-order valence-electron chi connectivity index (χ4n) is 2.42. The Bertz CT molecular complexity index is 539. The van der Waals surface area contributed by atoms with Gasteiger partial charge in [-0.15, -0.1) is 0 Å². The Hall–Kier alpha value is -2.21. The van der Waals surface area contributed by atoms with Crippen LogP contribution in [0.5, 0.6) is 0 Å². The summed E-state index contributed by atoms with van der Waals surface area (Å²) in [5.74, 6) is 4.51. The Kier molecular flexibility index (Phi) is 5.05. The molecule has 0 spiro atoms. The van der Waals surface area contributed by atoms with Crippen molar-refractivity contribution < 1.29 is 14.4 Å². The molecule has 1 aliphatic heterocycles. The Morgan fingerprint density at radius 3 is 2.24 bits per heavy atom. The summed E-state index contributed by atoms with van der Waals surface area (Å²) >= 11 is 0. The van der Waals surface area contributed by atoms with Gasteiger partial charge in [0.25, 0.3) is 0 Å². The summed E-state index contributed by atoms with van der Waals surface area (Å²) in [6, 6.07) is 7.27. The number of hydrogen-bond acceptors (Lipinski definition) is 4. The zero-order valence-electron chi connectivity index (χ0n) is 11.8. The van der Waals surface area contributed by atoms with Gasteiger partial charge < -0.3 is 0 Å². The smallest absolute Gasteiger partial charge is 0.238 e. The third-order valence-corrected chi connectivity index (χ3v) is 3.59. The molecule has 1 aliphatic rings. The zero-order valence-corrected chi connectivity index (χ0v) is 11.8. The molecular weight excluding hydrogens is 270 g/mol. The number of benzene rings is 1. The minimum Gasteiger partial charge on any atom is -0.294 e. The normalized spacial score (nSPS) is 15.8. The summed E-state index contributed by atoms with van der Waals surface area (Å²) in [6.07, 6.45) is 2.42. The summed E-state index contributed by atoms with van der Waals surface area (Å²) in [4.78, 5) is 36.8. The predicted octanol–water partition coefficient (Wildman–Crippen LogP) is 0.648. The summed E-state index contributed by atoms with van der Waals surface area (Å²) < 4.78 is 0. The van der Waals surface area contributed by atoms with Gasteiger partial charge in [-0.2, -0.15) is 0 Å². The molecule has 1 fully saturated rings. The van der Waals surface area contributed by atoms with E-state index in [4.69, 9.17) is 5.84 Å². The number of nitrogens with zero attached hydrogens (tertiary/aromatic N) is 1. The Morgan fingerprint density at radius 1 is 1.10 bits per heavy atom. The number of nitrogens with two attached hydrogens (primary N) is 1. The third kappa shape index (κ3) is 3.88. The van der Waals surface area contributed by atoms with Crippen LogP contribution in [0.25, 0.3) is 0 Å². The number of amides is 3. The van der Waals surface area contributed by atoms with E-state index in [0.717, 1.165) is 24.0 Å². The highest BCUT2D eigenvalue weighted by Gasteiger charge is 2.24. The lowest BCUT2D eigenvalue weighted by molar-refractivity contribution is -0.144. The van der Waals surface area contributed by atoms with Gasteiger partial charge in [0.1, 0.15) is 0 Å². The van der Waals surface area contributed by atoms with E-state index in [9.17, 15) is 14.4 Å². The van der Waals surface area contributed by atoms with Crippen molar-refractivity contribution in [1.82, 2.24) is 10.3 Å². The molecule has 0 aromatic heterocycles. The number of likely N-dealkylation sites (tertiary alicyclic amines) is 1. The average Bonchev–Trinajstić information content (AvgIpc) is 2.64. The topological polar surface area (TPSA) is 92.5 Å². The fourth-order valence-corrected chi connectivity index (χ4v) is 2.42. The number of nitrogens with one attached hydrogen (secondary N) is 1. The molecule has 112 valence electrons. The van der Waals surface area contributed by atoms with Crippen molar-refractivity contribution in [2.75, 3.05) is 0 Å². The van der Waals surface area contributed by atoms with Crippen molar-refractivity contribution >= 4 is 17.7 Å². The maximum absolute atomic E-state index is 12.0. The molecule has 6 nitrogen and oxygen atoms in total. The summed E-state index contributed by atoms with van der Waals surface area (Å²) in [5, 5.41) is 0. The van der Waals surface area contributed by atoms with Crippen molar-refractivity contribution in [1.29, 1.82) is 0 Å². The van der Waals surface area contributed by atoms with E-state index in [1.54, 1.807) is 6.07 Å². The molecule has 1 heterocycles. The molecule has 3 amide bonds. The van der Waals surface area contributed by atoms with Crippen LogP contribution in [-0.2, 0) is 27.3 Å². The van der Waals surface area contributed by atoms with Crippen molar-refractivity contribution in [3.05, 3.63) is 35.4 Å². The van der Waals surface area contributed by atoms with Gasteiger partial charge >= 0.3 is 0 Å². The van der Waals surface area contributed by atoms with Gasteiger partial charge in [-0.25, -0.2) is 5.84 Å². The van der Waals surface area contributed by atoms with Crippen LogP contribution in [0.4, 0.5) is 0 Å². The van der Waals surface area contributed by atoms with Crippen LogP contribution in [0.2, 0.25) is 0 Å². The van der Waals surface area contributed by atoms with Gasteiger partial charge in [0.15, 0.2) is 0 Å². The summed E-state index contributed by atoms with van der Waals surface area (Å²) in [7, 11) is 0. The number of hydrogen-bond donors (Lipinski definition) is 2. The molecule has 21 heavy (non-hydrogen) atoms. The predicted molar refractivity (Wildman–Crippen MR) is 76.5 cm³/mol. The van der Waals surface area contributed by atoms with Crippen molar-refractivity contribution in [2.24, 2.45) is 5.84 Å². The molecule has 1 saturated heterocycles. The maximum atomic E-state index is 12.0. The van der Waals surface area contributed by atoms with E-state index < -0.39 is 0 Å². The maximum Gasteiger partial charge on any atom is 0.238 e. The number of carbonyl (C=O) groups is 3. The first-order chi connectivity index (χ1) is 10.1. The molecule has 0 unspecified atom stereocenters. The second-order valence-electron chi connectivity index (χ2n) is 5.09. The summed E-state index contributed by atoms with van der Waals surface area (Å²) in [6.45, 7) is 0.214. The second-order valence-corrected chi connectivity index (χ2v) is 5.09. The fraction of sp³-hybridized carbons (Fsp3) is 0.400.